The summed E-state index contributed by atoms with van der Waals surface area (Å²) in [6.07, 6.45) is -0.264. The summed E-state index contributed by atoms with van der Waals surface area (Å²) in [7, 11) is -4.27. The van der Waals surface area contributed by atoms with E-state index in [0.717, 1.165) is 39.2 Å². The number of ether oxygens (including phenoxy) is 1. The molecule has 0 spiro atoms. The van der Waals surface area contributed by atoms with Crippen LogP contribution in [0.5, 0.6) is 0 Å². The SMILES string of the molecule is Cc1cccc(CO[C@@H](CN2CCN(S(=O)(=O)c3c(F)cccc3F)CC2)c2ccc(Cl)cc2)c1. The summed E-state index contributed by atoms with van der Waals surface area (Å²) in [4.78, 5) is 1.20. The summed E-state index contributed by atoms with van der Waals surface area (Å²) in [6, 6.07) is 18.6. The Kier molecular flexibility index (Phi) is 8.19. The second kappa shape index (κ2) is 11.1. The van der Waals surface area contributed by atoms with Gasteiger partial charge in [0.2, 0.25) is 10.0 Å². The van der Waals surface area contributed by atoms with Gasteiger partial charge in [-0.3, -0.25) is 4.90 Å². The molecule has 0 aliphatic carbocycles. The van der Waals surface area contributed by atoms with Crippen molar-refractivity contribution in [3.05, 3.63) is 100 Å². The van der Waals surface area contributed by atoms with E-state index >= 15 is 0 Å². The van der Waals surface area contributed by atoms with E-state index in [1.807, 2.05) is 49.4 Å². The van der Waals surface area contributed by atoms with Crippen LogP contribution < -0.4 is 0 Å². The molecule has 0 amide bonds. The largest absolute Gasteiger partial charge is 0.368 e. The van der Waals surface area contributed by atoms with Gasteiger partial charge in [0.25, 0.3) is 0 Å². The first-order valence-electron chi connectivity index (χ1n) is 11.3. The van der Waals surface area contributed by atoms with E-state index in [1.165, 1.54) is 0 Å². The molecule has 3 aromatic rings. The van der Waals surface area contributed by atoms with Crippen molar-refractivity contribution in [3.63, 3.8) is 0 Å². The van der Waals surface area contributed by atoms with Gasteiger partial charge in [0.1, 0.15) is 11.6 Å². The van der Waals surface area contributed by atoms with Crippen LogP contribution in [0.25, 0.3) is 0 Å². The maximum absolute atomic E-state index is 14.1. The Balaban J connectivity index is 1.44. The summed E-state index contributed by atoms with van der Waals surface area (Å²) in [5.74, 6) is -2.17. The molecule has 0 aromatic heterocycles. The monoisotopic (exact) mass is 520 g/mol. The molecule has 186 valence electrons. The summed E-state index contributed by atoms with van der Waals surface area (Å²) < 4.78 is 61.5. The Morgan fingerprint density at radius 3 is 2.20 bits per heavy atom. The van der Waals surface area contributed by atoms with Gasteiger partial charge < -0.3 is 4.74 Å². The van der Waals surface area contributed by atoms with Crippen LogP contribution in [0, 0.1) is 18.6 Å². The highest BCUT2D eigenvalue weighted by Gasteiger charge is 2.33. The molecule has 0 bridgehead atoms. The van der Waals surface area contributed by atoms with Gasteiger partial charge in [-0.2, -0.15) is 4.31 Å². The summed E-state index contributed by atoms with van der Waals surface area (Å²) in [5.41, 5.74) is 3.18. The Hall–Kier alpha value is -2.36. The van der Waals surface area contributed by atoms with Crippen molar-refractivity contribution < 1.29 is 21.9 Å². The molecule has 3 aromatic carbocycles. The molecular formula is C26H27ClF2N2O3S. The predicted octanol–water partition coefficient (Wildman–Crippen LogP) is 5.19. The van der Waals surface area contributed by atoms with E-state index < -0.39 is 26.6 Å². The fourth-order valence-electron chi connectivity index (χ4n) is 4.18. The number of halogens is 3. The Labute approximate surface area is 209 Å². The first-order chi connectivity index (χ1) is 16.7. The molecule has 1 atom stereocenters. The number of rotatable bonds is 8. The molecule has 1 saturated heterocycles. The Morgan fingerprint density at radius 1 is 0.943 bits per heavy atom. The minimum Gasteiger partial charge on any atom is -0.368 e. The third kappa shape index (κ3) is 6.26. The van der Waals surface area contributed by atoms with Crippen molar-refractivity contribution in [2.24, 2.45) is 0 Å². The highest BCUT2D eigenvalue weighted by Crippen LogP contribution is 2.26. The van der Waals surface area contributed by atoms with Crippen LogP contribution in [0.15, 0.2) is 71.6 Å². The number of nitrogens with zero attached hydrogens (tertiary/aromatic N) is 2. The van der Waals surface area contributed by atoms with Crippen LogP contribution in [0.3, 0.4) is 0 Å². The van der Waals surface area contributed by atoms with E-state index in [4.69, 9.17) is 16.3 Å². The van der Waals surface area contributed by atoms with Crippen LogP contribution in [0.4, 0.5) is 8.78 Å². The molecule has 0 saturated carbocycles. The molecule has 35 heavy (non-hydrogen) atoms. The van der Waals surface area contributed by atoms with Crippen molar-refractivity contribution in [3.8, 4) is 0 Å². The third-order valence-electron chi connectivity index (χ3n) is 6.05. The fraction of sp³-hybridized carbons (Fsp3) is 0.308. The van der Waals surface area contributed by atoms with Gasteiger partial charge in [0.15, 0.2) is 4.90 Å². The lowest BCUT2D eigenvalue weighted by atomic mass is 10.1. The van der Waals surface area contributed by atoms with Gasteiger partial charge in [-0.1, -0.05) is 59.6 Å². The first kappa shape index (κ1) is 25.7. The average Bonchev–Trinajstić information content (AvgIpc) is 2.82. The molecule has 0 unspecified atom stereocenters. The van der Waals surface area contributed by atoms with Crippen molar-refractivity contribution in [2.75, 3.05) is 32.7 Å². The lowest BCUT2D eigenvalue weighted by Crippen LogP contribution is -2.49. The molecule has 4 rings (SSSR count). The zero-order valence-electron chi connectivity index (χ0n) is 19.3. The normalized spacial score (nSPS) is 16.3. The van der Waals surface area contributed by atoms with Crippen LogP contribution in [-0.2, 0) is 21.4 Å². The molecule has 1 heterocycles. The second-order valence-electron chi connectivity index (χ2n) is 8.60. The highest BCUT2D eigenvalue weighted by molar-refractivity contribution is 7.89. The standard InChI is InChI=1S/C26H27ClF2N2O3S/c1-19-4-2-5-20(16-19)18-34-25(21-8-10-22(27)11-9-21)17-30-12-14-31(15-13-30)35(32,33)26-23(28)6-3-7-24(26)29/h2-11,16,25H,12-15,17-18H2,1H3/t25-/m0/s1. The average molecular weight is 521 g/mol. The smallest absolute Gasteiger partial charge is 0.249 e. The maximum Gasteiger partial charge on any atom is 0.249 e. The Bertz CT molecular complexity index is 1240. The number of benzene rings is 3. The van der Waals surface area contributed by atoms with Crippen molar-refractivity contribution in [1.29, 1.82) is 0 Å². The minimum absolute atomic E-state index is 0.126. The maximum atomic E-state index is 14.1. The number of hydrogen-bond acceptors (Lipinski definition) is 4. The van der Waals surface area contributed by atoms with Crippen LogP contribution in [0.1, 0.15) is 22.8 Å². The number of hydrogen-bond donors (Lipinski definition) is 0. The summed E-state index contributed by atoms with van der Waals surface area (Å²) in [6.45, 7) is 4.06. The molecule has 9 heteroatoms. The van der Waals surface area contributed by atoms with Gasteiger partial charge in [0.05, 0.1) is 12.7 Å². The van der Waals surface area contributed by atoms with E-state index in [-0.39, 0.29) is 19.2 Å². The zero-order chi connectivity index (χ0) is 25.0. The van der Waals surface area contributed by atoms with Crippen molar-refractivity contribution in [2.45, 2.75) is 24.5 Å². The number of piperazine rings is 1. The molecule has 0 N–H and O–H groups in total. The van der Waals surface area contributed by atoms with Gasteiger partial charge >= 0.3 is 0 Å². The van der Waals surface area contributed by atoms with Gasteiger partial charge in [-0.15, -0.1) is 0 Å². The van der Waals surface area contributed by atoms with E-state index in [9.17, 15) is 17.2 Å². The third-order valence-corrected chi connectivity index (χ3v) is 8.25. The first-order valence-corrected chi connectivity index (χ1v) is 13.1. The summed E-state index contributed by atoms with van der Waals surface area (Å²) >= 11 is 6.06. The zero-order valence-corrected chi connectivity index (χ0v) is 20.9. The van der Waals surface area contributed by atoms with Gasteiger partial charge in [-0.25, -0.2) is 17.2 Å². The molecule has 1 fully saturated rings. The van der Waals surface area contributed by atoms with Crippen LogP contribution >= 0.6 is 11.6 Å². The van der Waals surface area contributed by atoms with Crippen LogP contribution in [0.2, 0.25) is 5.02 Å². The molecular weight excluding hydrogens is 494 g/mol. The molecule has 0 radical (unpaired) electrons. The lowest BCUT2D eigenvalue weighted by Gasteiger charge is -2.36. The van der Waals surface area contributed by atoms with Crippen LogP contribution in [-0.4, -0.2) is 50.3 Å². The van der Waals surface area contributed by atoms with Gasteiger partial charge in [-0.05, 0) is 42.3 Å². The molecule has 1 aliphatic heterocycles. The molecule has 1 aliphatic rings. The minimum atomic E-state index is -4.27. The number of sulfonamides is 1. The Morgan fingerprint density at radius 2 is 1.57 bits per heavy atom. The van der Waals surface area contributed by atoms with E-state index in [0.29, 0.717) is 31.3 Å². The number of aryl methyl sites for hydroxylation is 1. The predicted molar refractivity (Wildman–Crippen MR) is 132 cm³/mol. The van der Waals surface area contributed by atoms with E-state index in [1.54, 1.807) is 0 Å². The second-order valence-corrected chi connectivity index (χ2v) is 10.9. The van der Waals surface area contributed by atoms with Crippen molar-refractivity contribution in [1.82, 2.24) is 9.21 Å². The van der Waals surface area contributed by atoms with Crippen molar-refractivity contribution >= 4 is 21.6 Å². The molecule has 5 nitrogen and oxygen atoms in total. The summed E-state index contributed by atoms with van der Waals surface area (Å²) in [5, 5.41) is 0.630. The topological polar surface area (TPSA) is 49.9 Å². The lowest BCUT2D eigenvalue weighted by molar-refractivity contribution is 0.00770. The fourth-order valence-corrected chi connectivity index (χ4v) is 5.83. The quantitative estimate of drug-likeness (QED) is 0.410. The highest BCUT2D eigenvalue weighted by atomic mass is 35.5. The van der Waals surface area contributed by atoms with E-state index in [2.05, 4.69) is 11.0 Å². The van der Waals surface area contributed by atoms with Gasteiger partial charge in [0, 0.05) is 37.7 Å².